The first-order chi connectivity index (χ1) is 14.1. The summed E-state index contributed by atoms with van der Waals surface area (Å²) in [5.74, 6) is 0.804. The summed E-state index contributed by atoms with van der Waals surface area (Å²) in [5.41, 5.74) is 4.25. The quantitative estimate of drug-likeness (QED) is 0.780. The number of carbonyl (C=O) groups is 2. The number of nitrogens with one attached hydrogen (secondary N) is 2. The average molecular weight is 394 g/mol. The van der Waals surface area contributed by atoms with Crippen molar-refractivity contribution in [2.45, 2.75) is 19.9 Å². The van der Waals surface area contributed by atoms with Crippen LogP contribution in [0.5, 0.6) is 5.75 Å². The highest BCUT2D eigenvalue weighted by Gasteiger charge is 2.24. The first-order valence-corrected chi connectivity index (χ1v) is 10.3. The summed E-state index contributed by atoms with van der Waals surface area (Å²) in [6, 6.07) is 13.9. The lowest BCUT2D eigenvalue weighted by atomic mass is 10.1. The Morgan fingerprint density at radius 3 is 2.76 bits per heavy atom. The van der Waals surface area contributed by atoms with Crippen molar-refractivity contribution in [3.63, 3.8) is 0 Å². The van der Waals surface area contributed by atoms with Crippen LogP contribution in [-0.4, -0.2) is 56.0 Å². The molecule has 0 aliphatic carbocycles. The fourth-order valence-corrected chi connectivity index (χ4v) is 4.04. The van der Waals surface area contributed by atoms with Gasteiger partial charge in [0.15, 0.2) is 0 Å². The molecule has 0 aromatic heterocycles. The number of fused-ring (bicyclic) bond motifs is 1. The number of aryl methyl sites for hydroxylation is 1. The van der Waals surface area contributed by atoms with E-state index in [4.69, 9.17) is 4.74 Å². The second-order valence-corrected chi connectivity index (χ2v) is 7.90. The lowest BCUT2D eigenvalue weighted by Crippen LogP contribution is -3.13. The van der Waals surface area contributed by atoms with E-state index in [1.807, 2.05) is 30.0 Å². The number of amides is 2. The van der Waals surface area contributed by atoms with Gasteiger partial charge in [0.2, 0.25) is 5.91 Å². The Labute approximate surface area is 171 Å². The summed E-state index contributed by atoms with van der Waals surface area (Å²) < 4.78 is 5.58. The number of quaternary nitrogens is 1. The predicted molar refractivity (Wildman–Crippen MR) is 110 cm³/mol. The largest absolute Gasteiger partial charge is 0.493 e. The first kappa shape index (κ1) is 19.5. The van der Waals surface area contributed by atoms with E-state index >= 15 is 0 Å². The van der Waals surface area contributed by atoms with Crippen molar-refractivity contribution in [3.8, 4) is 5.75 Å². The topological polar surface area (TPSA) is 63.1 Å². The second-order valence-electron chi connectivity index (χ2n) is 7.90. The molecule has 4 rings (SSSR count). The van der Waals surface area contributed by atoms with Crippen molar-refractivity contribution in [3.05, 3.63) is 64.7 Å². The van der Waals surface area contributed by atoms with Crippen LogP contribution < -0.4 is 15.0 Å². The Morgan fingerprint density at radius 2 is 1.97 bits per heavy atom. The number of hydrogen-bond donors (Lipinski definition) is 2. The molecule has 0 bridgehead atoms. The third-order valence-corrected chi connectivity index (χ3v) is 5.71. The van der Waals surface area contributed by atoms with Gasteiger partial charge in [-0.05, 0) is 42.8 Å². The SMILES string of the molecule is Cc1cccc(C(=O)NCC(=O)N2CC[NH+](Cc3ccc4c(c3)CCO4)CC2)c1. The lowest BCUT2D eigenvalue weighted by Gasteiger charge is -2.32. The molecule has 6 nitrogen and oxygen atoms in total. The smallest absolute Gasteiger partial charge is 0.251 e. The van der Waals surface area contributed by atoms with E-state index in [1.165, 1.54) is 16.0 Å². The summed E-state index contributed by atoms with van der Waals surface area (Å²) in [7, 11) is 0. The highest BCUT2D eigenvalue weighted by atomic mass is 16.5. The van der Waals surface area contributed by atoms with Gasteiger partial charge in [-0.25, -0.2) is 0 Å². The van der Waals surface area contributed by atoms with E-state index in [1.54, 1.807) is 6.07 Å². The van der Waals surface area contributed by atoms with E-state index in [0.717, 1.165) is 57.1 Å². The van der Waals surface area contributed by atoms with Crippen molar-refractivity contribution in [2.24, 2.45) is 0 Å². The number of ether oxygens (including phenoxy) is 1. The molecule has 2 aliphatic rings. The molecule has 2 N–H and O–H groups in total. The number of benzene rings is 2. The number of hydrogen-bond acceptors (Lipinski definition) is 3. The Kier molecular flexibility index (Phi) is 5.81. The van der Waals surface area contributed by atoms with E-state index in [2.05, 4.69) is 23.5 Å². The van der Waals surface area contributed by atoms with Gasteiger partial charge < -0.3 is 19.9 Å². The molecule has 0 radical (unpaired) electrons. The van der Waals surface area contributed by atoms with Crippen LogP contribution in [0.3, 0.4) is 0 Å². The first-order valence-electron chi connectivity index (χ1n) is 10.3. The highest BCUT2D eigenvalue weighted by Crippen LogP contribution is 2.25. The number of nitrogens with zero attached hydrogens (tertiary/aromatic N) is 1. The average Bonchev–Trinajstić information content (AvgIpc) is 3.20. The molecule has 152 valence electrons. The minimum absolute atomic E-state index is 0.0141. The molecule has 6 heteroatoms. The summed E-state index contributed by atoms with van der Waals surface area (Å²) in [6.45, 7) is 7.04. The Bertz CT molecular complexity index is 904. The second kappa shape index (κ2) is 8.66. The van der Waals surface area contributed by atoms with Crippen molar-refractivity contribution in [2.75, 3.05) is 39.3 Å². The van der Waals surface area contributed by atoms with Crippen molar-refractivity contribution >= 4 is 11.8 Å². The van der Waals surface area contributed by atoms with Crippen LogP contribution in [0.4, 0.5) is 0 Å². The molecule has 0 atom stereocenters. The molecule has 2 aromatic rings. The molecule has 2 amide bonds. The zero-order valence-electron chi connectivity index (χ0n) is 16.9. The fraction of sp³-hybridized carbons (Fsp3) is 0.391. The lowest BCUT2D eigenvalue weighted by molar-refractivity contribution is -0.917. The van der Waals surface area contributed by atoms with E-state index in [0.29, 0.717) is 5.56 Å². The summed E-state index contributed by atoms with van der Waals surface area (Å²) in [5, 5.41) is 2.75. The monoisotopic (exact) mass is 394 g/mol. The maximum Gasteiger partial charge on any atom is 0.251 e. The standard InChI is InChI=1S/C23H27N3O3/c1-17-3-2-4-20(13-17)23(28)24-15-22(27)26-10-8-25(9-11-26)16-18-5-6-21-19(14-18)7-12-29-21/h2-6,13-14H,7-12,15-16H2,1H3,(H,24,28)/p+1. The molecule has 0 saturated carbocycles. The Hall–Kier alpha value is -2.86. The zero-order valence-corrected chi connectivity index (χ0v) is 16.9. The summed E-state index contributed by atoms with van der Waals surface area (Å²) in [6.07, 6.45) is 0.995. The third kappa shape index (κ3) is 4.77. The van der Waals surface area contributed by atoms with Crippen LogP contribution in [0.2, 0.25) is 0 Å². The van der Waals surface area contributed by atoms with E-state index in [9.17, 15) is 9.59 Å². The minimum atomic E-state index is -0.202. The van der Waals surface area contributed by atoms with Crippen LogP contribution in [0, 0.1) is 6.92 Å². The number of rotatable bonds is 5. The Morgan fingerprint density at radius 1 is 1.14 bits per heavy atom. The van der Waals surface area contributed by atoms with Crippen molar-refractivity contribution in [1.29, 1.82) is 0 Å². The zero-order chi connectivity index (χ0) is 20.2. The molecular formula is C23H28N3O3+. The van der Waals surface area contributed by atoms with E-state index < -0.39 is 0 Å². The number of piperazine rings is 1. The molecule has 1 fully saturated rings. The van der Waals surface area contributed by atoms with Gasteiger partial charge in [-0.1, -0.05) is 17.7 Å². The van der Waals surface area contributed by atoms with Crippen LogP contribution >= 0.6 is 0 Å². The summed E-state index contributed by atoms with van der Waals surface area (Å²) >= 11 is 0. The normalized spacial score (nSPS) is 16.2. The van der Waals surface area contributed by atoms with Crippen molar-refractivity contribution < 1.29 is 19.2 Å². The summed E-state index contributed by atoms with van der Waals surface area (Å²) in [4.78, 5) is 28.0. The van der Waals surface area contributed by atoms with Gasteiger partial charge in [-0.2, -0.15) is 0 Å². The van der Waals surface area contributed by atoms with Gasteiger partial charge in [-0.3, -0.25) is 9.59 Å². The van der Waals surface area contributed by atoms with Gasteiger partial charge in [0.05, 0.1) is 39.3 Å². The molecular weight excluding hydrogens is 366 g/mol. The molecule has 0 unspecified atom stereocenters. The Balaban J connectivity index is 1.23. The maximum absolute atomic E-state index is 12.5. The van der Waals surface area contributed by atoms with Crippen LogP contribution in [0.25, 0.3) is 0 Å². The van der Waals surface area contributed by atoms with Crippen molar-refractivity contribution in [1.82, 2.24) is 10.2 Å². The molecule has 29 heavy (non-hydrogen) atoms. The fourth-order valence-electron chi connectivity index (χ4n) is 4.04. The molecule has 1 saturated heterocycles. The minimum Gasteiger partial charge on any atom is -0.493 e. The number of carbonyl (C=O) groups excluding carboxylic acids is 2. The molecule has 2 aromatic carbocycles. The third-order valence-electron chi connectivity index (χ3n) is 5.71. The van der Waals surface area contributed by atoms with Gasteiger partial charge in [0, 0.05) is 17.5 Å². The van der Waals surface area contributed by atoms with Gasteiger partial charge in [0.1, 0.15) is 12.3 Å². The highest BCUT2D eigenvalue weighted by molar-refractivity contribution is 5.96. The molecule has 2 aliphatic heterocycles. The van der Waals surface area contributed by atoms with Gasteiger partial charge >= 0.3 is 0 Å². The van der Waals surface area contributed by atoms with E-state index in [-0.39, 0.29) is 18.4 Å². The molecule has 2 heterocycles. The van der Waals surface area contributed by atoms with Crippen LogP contribution in [0.15, 0.2) is 42.5 Å². The molecule has 0 spiro atoms. The maximum atomic E-state index is 12.5. The van der Waals surface area contributed by atoms with Crippen LogP contribution in [-0.2, 0) is 17.8 Å². The van der Waals surface area contributed by atoms with Gasteiger partial charge in [-0.15, -0.1) is 0 Å². The predicted octanol–water partition coefficient (Wildman–Crippen LogP) is 0.587. The van der Waals surface area contributed by atoms with Gasteiger partial charge in [0.25, 0.3) is 5.91 Å². The van der Waals surface area contributed by atoms with Crippen LogP contribution in [0.1, 0.15) is 27.0 Å².